The fourth-order valence-electron chi connectivity index (χ4n) is 2.07. The largest absolute Gasteiger partial charge is 0.485 e. The predicted molar refractivity (Wildman–Crippen MR) is 85.2 cm³/mol. The Morgan fingerprint density at radius 1 is 1.21 bits per heavy atom. The highest BCUT2D eigenvalue weighted by molar-refractivity contribution is 5.85. The van der Waals surface area contributed by atoms with Crippen molar-refractivity contribution in [3.63, 3.8) is 0 Å². The van der Waals surface area contributed by atoms with Crippen LogP contribution in [0.1, 0.15) is 5.56 Å². The van der Waals surface area contributed by atoms with Crippen molar-refractivity contribution >= 4 is 17.8 Å². The number of hydrazone groups is 1. The van der Waals surface area contributed by atoms with Crippen LogP contribution >= 0.6 is 0 Å². The third kappa shape index (κ3) is 3.49. The number of nitro benzene ring substituents is 1. The van der Waals surface area contributed by atoms with Gasteiger partial charge in [0.1, 0.15) is 6.61 Å². The first-order valence-corrected chi connectivity index (χ1v) is 7.09. The first kappa shape index (κ1) is 15.5. The molecule has 2 aromatic rings. The van der Waals surface area contributed by atoms with E-state index in [0.717, 1.165) is 0 Å². The van der Waals surface area contributed by atoms with Gasteiger partial charge in [0.05, 0.1) is 11.1 Å². The molecule has 0 radical (unpaired) electrons. The molecule has 24 heavy (non-hydrogen) atoms. The molecule has 1 atom stereocenters. The molecule has 0 bridgehead atoms. The van der Waals surface area contributed by atoms with E-state index in [0.29, 0.717) is 17.1 Å². The molecule has 0 saturated heterocycles. The number of carbonyl (C=O) groups excluding carboxylic acids is 1. The van der Waals surface area contributed by atoms with Crippen molar-refractivity contribution in [2.24, 2.45) is 5.10 Å². The summed E-state index contributed by atoms with van der Waals surface area (Å²) in [6, 6.07) is 12.9. The number of hydrogen-bond donors (Lipinski definition) is 1. The fraction of sp³-hybridized carbons (Fsp3) is 0.125. The van der Waals surface area contributed by atoms with Crippen LogP contribution in [0, 0.1) is 10.1 Å². The smallest absolute Gasteiger partial charge is 0.284 e. The Morgan fingerprint density at radius 3 is 2.62 bits per heavy atom. The van der Waals surface area contributed by atoms with Gasteiger partial charge < -0.3 is 9.47 Å². The summed E-state index contributed by atoms with van der Waals surface area (Å²) in [6.45, 7) is 0.0932. The van der Waals surface area contributed by atoms with Crippen LogP contribution in [0.2, 0.25) is 0 Å². The minimum absolute atomic E-state index is 0.0115. The Bertz CT molecular complexity index is 789. The molecule has 1 amide bonds. The molecule has 3 rings (SSSR count). The van der Waals surface area contributed by atoms with Gasteiger partial charge in [-0.05, 0) is 29.8 Å². The van der Waals surface area contributed by atoms with Crippen molar-refractivity contribution < 1.29 is 19.2 Å². The number of rotatable bonds is 4. The van der Waals surface area contributed by atoms with Gasteiger partial charge in [0.15, 0.2) is 11.5 Å². The Balaban J connectivity index is 1.57. The molecule has 1 heterocycles. The lowest BCUT2D eigenvalue weighted by Gasteiger charge is -2.24. The lowest BCUT2D eigenvalue weighted by Crippen LogP contribution is -2.42. The van der Waals surface area contributed by atoms with Crippen LogP contribution in [0.15, 0.2) is 53.6 Å². The topological polar surface area (TPSA) is 103 Å². The van der Waals surface area contributed by atoms with E-state index in [9.17, 15) is 14.9 Å². The van der Waals surface area contributed by atoms with Gasteiger partial charge in [-0.1, -0.05) is 12.1 Å². The summed E-state index contributed by atoms with van der Waals surface area (Å²) in [5.41, 5.74) is 2.97. The van der Waals surface area contributed by atoms with E-state index in [4.69, 9.17) is 9.47 Å². The highest BCUT2D eigenvalue weighted by atomic mass is 16.6. The molecule has 1 N–H and O–H groups in total. The summed E-state index contributed by atoms with van der Waals surface area (Å²) in [5.74, 6) is 0.654. The van der Waals surface area contributed by atoms with Crippen molar-refractivity contribution in [2.75, 3.05) is 6.61 Å². The molecule has 1 aliphatic rings. The van der Waals surface area contributed by atoms with Crippen LogP contribution in [0.5, 0.6) is 11.5 Å². The molecule has 8 nitrogen and oxygen atoms in total. The normalized spacial score (nSPS) is 15.9. The number of ether oxygens (including phenoxy) is 2. The lowest BCUT2D eigenvalue weighted by atomic mass is 10.2. The van der Waals surface area contributed by atoms with Crippen molar-refractivity contribution in [1.82, 2.24) is 5.43 Å². The molecule has 8 heteroatoms. The van der Waals surface area contributed by atoms with E-state index in [-0.39, 0.29) is 12.3 Å². The Kier molecular flexibility index (Phi) is 4.37. The number of hydrogen-bond acceptors (Lipinski definition) is 6. The first-order valence-electron chi connectivity index (χ1n) is 7.09. The zero-order valence-corrected chi connectivity index (χ0v) is 12.4. The SMILES string of the molecule is O=C(N/N=C/c1ccc([N+](=O)[O-])cc1)C1COc2ccccc2O1. The zero-order valence-electron chi connectivity index (χ0n) is 12.4. The zero-order chi connectivity index (χ0) is 16.9. The highest BCUT2D eigenvalue weighted by Crippen LogP contribution is 2.30. The second-order valence-electron chi connectivity index (χ2n) is 4.95. The van der Waals surface area contributed by atoms with E-state index in [1.165, 1.54) is 30.5 Å². The minimum atomic E-state index is -0.797. The molecular formula is C16H13N3O5. The molecule has 0 aromatic heterocycles. The molecule has 0 spiro atoms. The maximum absolute atomic E-state index is 12.0. The molecule has 0 fully saturated rings. The molecule has 122 valence electrons. The summed E-state index contributed by atoms with van der Waals surface area (Å²) in [7, 11) is 0. The van der Waals surface area contributed by atoms with Crippen LogP contribution in [0.4, 0.5) is 5.69 Å². The number of benzene rings is 2. The Morgan fingerprint density at radius 2 is 1.92 bits per heavy atom. The highest BCUT2D eigenvalue weighted by Gasteiger charge is 2.26. The molecule has 1 unspecified atom stereocenters. The summed E-state index contributed by atoms with van der Waals surface area (Å²) < 4.78 is 11.0. The van der Waals surface area contributed by atoms with Gasteiger partial charge in [0, 0.05) is 12.1 Å². The molecular weight excluding hydrogens is 314 g/mol. The van der Waals surface area contributed by atoms with E-state index in [1.807, 2.05) is 6.07 Å². The Labute approximate surface area is 136 Å². The number of nitrogens with zero attached hydrogens (tertiary/aromatic N) is 2. The number of carbonyl (C=O) groups is 1. The monoisotopic (exact) mass is 327 g/mol. The minimum Gasteiger partial charge on any atom is -0.485 e. The average Bonchev–Trinajstić information content (AvgIpc) is 2.61. The van der Waals surface area contributed by atoms with Gasteiger partial charge in [-0.25, -0.2) is 5.43 Å². The number of amides is 1. The number of para-hydroxylation sites is 2. The number of non-ortho nitro benzene ring substituents is 1. The van der Waals surface area contributed by atoms with Gasteiger partial charge in [-0.3, -0.25) is 14.9 Å². The number of nitrogens with one attached hydrogen (secondary N) is 1. The lowest BCUT2D eigenvalue weighted by molar-refractivity contribution is -0.384. The standard InChI is InChI=1S/C16H13N3O5/c20-16(15-10-23-13-3-1-2-4-14(13)24-15)18-17-9-11-5-7-12(8-6-11)19(21)22/h1-9,15H,10H2,(H,18,20)/b17-9+. The Hall–Kier alpha value is -3.42. The average molecular weight is 327 g/mol. The van der Waals surface area contributed by atoms with E-state index >= 15 is 0 Å². The van der Waals surface area contributed by atoms with Crippen LogP contribution < -0.4 is 14.9 Å². The number of fused-ring (bicyclic) bond motifs is 1. The van der Waals surface area contributed by atoms with Gasteiger partial charge >= 0.3 is 0 Å². The van der Waals surface area contributed by atoms with Crippen LogP contribution in [-0.2, 0) is 4.79 Å². The summed E-state index contributed by atoms with van der Waals surface area (Å²) in [5, 5.41) is 14.4. The first-order chi connectivity index (χ1) is 11.6. The van der Waals surface area contributed by atoms with Crippen molar-refractivity contribution in [3.8, 4) is 11.5 Å². The quantitative estimate of drug-likeness (QED) is 0.525. The second kappa shape index (κ2) is 6.78. The molecule has 2 aromatic carbocycles. The summed E-state index contributed by atoms with van der Waals surface area (Å²) in [4.78, 5) is 22.1. The fourth-order valence-corrected chi connectivity index (χ4v) is 2.07. The van der Waals surface area contributed by atoms with Crippen molar-refractivity contribution in [2.45, 2.75) is 6.10 Å². The van der Waals surface area contributed by atoms with Gasteiger partial charge in [0.2, 0.25) is 6.10 Å². The van der Waals surface area contributed by atoms with E-state index in [2.05, 4.69) is 10.5 Å². The van der Waals surface area contributed by atoms with E-state index in [1.54, 1.807) is 18.2 Å². The van der Waals surface area contributed by atoms with Crippen LogP contribution in [0.3, 0.4) is 0 Å². The third-order valence-corrected chi connectivity index (χ3v) is 3.29. The van der Waals surface area contributed by atoms with Crippen molar-refractivity contribution in [3.05, 3.63) is 64.2 Å². The van der Waals surface area contributed by atoms with Crippen molar-refractivity contribution in [1.29, 1.82) is 0 Å². The second-order valence-corrected chi connectivity index (χ2v) is 4.95. The van der Waals surface area contributed by atoms with Gasteiger partial charge in [-0.2, -0.15) is 5.10 Å². The van der Waals surface area contributed by atoms with Gasteiger partial charge in [0.25, 0.3) is 11.6 Å². The maximum Gasteiger partial charge on any atom is 0.284 e. The third-order valence-electron chi connectivity index (χ3n) is 3.29. The van der Waals surface area contributed by atoms with Gasteiger partial charge in [-0.15, -0.1) is 0 Å². The maximum atomic E-state index is 12.0. The molecule has 0 aliphatic carbocycles. The summed E-state index contributed by atoms with van der Waals surface area (Å²) >= 11 is 0. The summed E-state index contributed by atoms with van der Waals surface area (Å²) in [6.07, 6.45) is 0.591. The van der Waals surface area contributed by atoms with E-state index < -0.39 is 16.9 Å². The molecule has 1 aliphatic heterocycles. The number of nitro groups is 1. The van der Waals surface area contributed by atoms with Crippen LogP contribution in [0.25, 0.3) is 0 Å². The van der Waals surface area contributed by atoms with Crippen LogP contribution in [-0.4, -0.2) is 29.8 Å². The predicted octanol–water partition coefficient (Wildman–Crippen LogP) is 1.88. The molecule has 0 saturated carbocycles.